The molecule has 1 aliphatic heterocycles. The predicted octanol–water partition coefficient (Wildman–Crippen LogP) is 7.03. The highest BCUT2D eigenvalue weighted by Gasteiger charge is 2.41. The second-order valence-corrected chi connectivity index (χ2v) is 9.50. The predicted molar refractivity (Wildman–Crippen MR) is 145 cm³/mol. The molecule has 11 heteroatoms. The number of para-hydroxylation sites is 1. The Hall–Kier alpha value is -5.19. The number of carbonyl (C=O) groups excluding carboxylic acids is 1. The van der Waals surface area contributed by atoms with E-state index in [1.54, 1.807) is 32.0 Å². The van der Waals surface area contributed by atoms with Crippen LogP contribution < -0.4 is 10.3 Å². The van der Waals surface area contributed by atoms with Gasteiger partial charge in [-0.15, -0.1) is 0 Å². The Bertz CT molecular complexity index is 1750. The van der Waals surface area contributed by atoms with Crippen molar-refractivity contribution in [3.05, 3.63) is 106 Å². The summed E-state index contributed by atoms with van der Waals surface area (Å²) in [6.45, 7) is 3.51. The standard InChI is InChI=1S/C30H21F4N3O4/c1-15-9-16(2)11-20(10-15)37-24-14-19(30(32,33)34)13-22(31)25(24)26(28(37)39)36-35-23-8-4-7-21(27(23)38)17-5-3-6-18(12-17)29(40)41/h3-14,35,38H,1-2H3,(H,40,41). The molecule has 208 valence electrons. The van der Waals surface area contributed by atoms with Gasteiger partial charge in [0.25, 0.3) is 5.91 Å². The zero-order valence-corrected chi connectivity index (χ0v) is 21.5. The van der Waals surface area contributed by atoms with Crippen LogP contribution in [0.4, 0.5) is 34.6 Å². The molecule has 0 bridgehead atoms. The molecule has 0 atom stereocenters. The summed E-state index contributed by atoms with van der Waals surface area (Å²) in [7, 11) is 0. The van der Waals surface area contributed by atoms with E-state index in [2.05, 4.69) is 10.5 Å². The van der Waals surface area contributed by atoms with Crippen LogP contribution in [0, 0.1) is 19.7 Å². The van der Waals surface area contributed by atoms with Crippen molar-refractivity contribution in [1.29, 1.82) is 0 Å². The number of hydrogen-bond acceptors (Lipinski definition) is 5. The number of aromatic carboxylic acids is 1. The summed E-state index contributed by atoms with van der Waals surface area (Å²) < 4.78 is 56.0. The van der Waals surface area contributed by atoms with Gasteiger partial charge in [0, 0.05) is 11.3 Å². The number of halogens is 4. The molecule has 5 rings (SSSR count). The number of carboxylic acids is 1. The first kappa shape index (κ1) is 27.4. The molecule has 4 aromatic rings. The summed E-state index contributed by atoms with van der Waals surface area (Å²) in [4.78, 5) is 25.9. The van der Waals surface area contributed by atoms with Crippen LogP contribution in [0.25, 0.3) is 11.1 Å². The lowest BCUT2D eigenvalue weighted by atomic mass is 10.0. The van der Waals surface area contributed by atoms with Gasteiger partial charge in [0.15, 0.2) is 5.71 Å². The van der Waals surface area contributed by atoms with E-state index in [9.17, 15) is 33.0 Å². The molecule has 0 fully saturated rings. The zero-order chi connectivity index (χ0) is 29.6. The first-order valence-electron chi connectivity index (χ1n) is 12.2. The number of benzene rings is 4. The first-order chi connectivity index (χ1) is 19.3. The fourth-order valence-corrected chi connectivity index (χ4v) is 4.73. The smallest absolute Gasteiger partial charge is 0.416 e. The molecule has 1 aliphatic rings. The fourth-order valence-electron chi connectivity index (χ4n) is 4.73. The molecule has 0 saturated carbocycles. The van der Waals surface area contributed by atoms with Crippen LogP contribution in [-0.4, -0.2) is 27.8 Å². The van der Waals surface area contributed by atoms with Gasteiger partial charge in [0.2, 0.25) is 0 Å². The van der Waals surface area contributed by atoms with Gasteiger partial charge < -0.3 is 10.2 Å². The van der Waals surface area contributed by atoms with E-state index in [-0.39, 0.29) is 33.9 Å². The van der Waals surface area contributed by atoms with Crippen molar-refractivity contribution >= 4 is 34.7 Å². The van der Waals surface area contributed by atoms with Crippen LogP contribution in [0.15, 0.2) is 77.9 Å². The average Bonchev–Trinajstić information content (AvgIpc) is 3.18. The number of hydrogen-bond donors (Lipinski definition) is 3. The van der Waals surface area contributed by atoms with E-state index in [0.717, 1.165) is 16.0 Å². The molecule has 0 radical (unpaired) electrons. The number of aromatic hydroxyl groups is 1. The number of nitrogens with one attached hydrogen (secondary N) is 1. The molecule has 0 unspecified atom stereocenters. The van der Waals surface area contributed by atoms with Gasteiger partial charge in [0.05, 0.1) is 28.1 Å². The second kappa shape index (κ2) is 10.1. The lowest BCUT2D eigenvalue weighted by Gasteiger charge is -2.19. The maximum Gasteiger partial charge on any atom is 0.416 e. The van der Waals surface area contributed by atoms with Crippen LogP contribution in [0.5, 0.6) is 5.75 Å². The number of rotatable bonds is 5. The third-order valence-electron chi connectivity index (χ3n) is 6.49. The van der Waals surface area contributed by atoms with E-state index < -0.39 is 40.7 Å². The Morgan fingerprint density at radius 1 is 0.951 bits per heavy atom. The topological polar surface area (TPSA) is 102 Å². The normalized spacial score (nSPS) is 14.0. The summed E-state index contributed by atoms with van der Waals surface area (Å²) in [5, 5.41) is 24.2. The number of phenols is 1. The lowest BCUT2D eigenvalue weighted by molar-refractivity contribution is -0.137. The zero-order valence-electron chi connectivity index (χ0n) is 21.5. The molecule has 41 heavy (non-hydrogen) atoms. The number of carboxylic acid groups (broad SMARTS) is 1. The summed E-state index contributed by atoms with van der Waals surface area (Å²) in [6, 6.07) is 16.3. The number of anilines is 3. The number of phenolic OH excluding ortho intramolecular Hbond substituents is 1. The molecule has 4 aromatic carbocycles. The molecular weight excluding hydrogens is 542 g/mol. The number of fused-ring (bicyclic) bond motifs is 1. The van der Waals surface area contributed by atoms with E-state index in [0.29, 0.717) is 17.7 Å². The van der Waals surface area contributed by atoms with Gasteiger partial charge in [-0.3, -0.25) is 15.1 Å². The Kier molecular flexibility index (Phi) is 6.74. The van der Waals surface area contributed by atoms with Crippen LogP contribution in [0.1, 0.15) is 32.6 Å². The van der Waals surface area contributed by atoms with Crippen molar-refractivity contribution in [3.8, 4) is 16.9 Å². The van der Waals surface area contributed by atoms with Gasteiger partial charge in [-0.2, -0.15) is 18.3 Å². The van der Waals surface area contributed by atoms with Crippen LogP contribution in [0.2, 0.25) is 0 Å². The Labute approximate surface area is 231 Å². The largest absolute Gasteiger partial charge is 0.505 e. The molecule has 3 N–H and O–H groups in total. The van der Waals surface area contributed by atoms with Crippen molar-refractivity contribution in [2.45, 2.75) is 20.0 Å². The Morgan fingerprint density at radius 3 is 2.29 bits per heavy atom. The summed E-state index contributed by atoms with van der Waals surface area (Å²) in [5.74, 6) is -3.67. The molecule has 7 nitrogen and oxygen atoms in total. The number of carbonyl (C=O) groups is 2. The minimum Gasteiger partial charge on any atom is -0.505 e. The summed E-state index contributed by atoms with van der Waals surface area (Å²) >= 11 is 0. The van der Waals surface area contributed by atoms with Crippen molar-refractivity contribution in [1.82, 2.24) is 0 Å². The van der Waals surface area contributed by atoms with E-state index >= 15 is 4.39 Å². The van der Waals surface area contributed by atoms with Crippen molar-refractivity contribution in [2.75, 3.05) is 10.3 Å². The molecule has 1 heterocycles. The van der Waals surface area contributed by atoms with E-state index in [1.807, 2.05) is 6.07 Å². The van der Waals surface area contributed by atoms with Gasteiger partial charge in [0.1, 0.15) is 11.6 Å². The molecule has 0 spiro atoms. The highest BCUT2D eigenvalue weighted by molar-refractivity contribution is 6.55. The number of hydrazone groups is 1. The van der Waals surface area contributed by atoms with Crippen LogP contribution in [0.3, 0.4) is 0 Å². The monoisotopic (exact) mass is 563 g/mol. The molecule has 0 aromatic heterocycles. The summed E-state index contributed by atoms with van der Waals surface area (Å²) in [6.07, 6.45) is -4.87. The number of alkyl halides is 3. The van der Waals surface area contributed by atoms with Crippen molar-refractivity contribution in [2.24, 2.45) is 5.10 Å². The minimum absolute atomic E-state index is 0.00570. The molecule has 0 aliphatic carbocycles. The SMILES string of the molecule is Cc1cc(C)cc(N2C(=O)C(=NNc3cccc(-c4cccc(C(=O)O)c4)c3O)c3c(F)cc(C(F)(F)F)cc32)c1. The number of nitrogens with zero attached hydrogens (tertiary/aromatic N) is 2. The maximum atomic E-state index is 15.3. The van der Waals surface area contributed by atoms with Crippen molar-refractivity contribution < 1.29 is 37.4 Å². The third kappa shape index (κ3) is 5.09. The van der Waals surface area contributed by atoms with Crippen molar-refractivity contribution in [3.63, 3.8) is 0 Å². The van der Waals surface area contributed by atoms with Gasteiger partial charge >= 0.3 is 12.1 Å². The summed E-state index contributed by atoms with van der Waals surface area (Å²) in [5.41, 5.74) is 2.33. The van der Waals surface area contributed by atoms with Crippen LogP contribution >= 0.6 is 0 Å². The molecular formula is C30H21F4N3O4. The second-order valence-electron chi connectivity index (χ2n) is 9.50. The van der Waals surface area contributed by atoms with Gasteiger partial charge in [-0.05, 0) is 73.0 Å². The lowest BCUT2D eigenvalue weighted by Crippen LogP contribution is -2.26. The number of aryl methyl sites for hydroxylation is 2. The fraction of sp³-hybridized carbons (Fsp3) is 0.100. The van der Waals surface area contributed by atoms with E-state index in [4.69, 9.17) is 0 Å². The maximum absolute atomic E-state index is 15.3. The van der Waals surface area contributed by atoms with Gasteiger partial charge in [-0.1, -0.05) is 30.3 Å². The third-order valence-corrected chi connectivity index (χ3v) is 6.49. The minimum atomic E-state index is -4.87. The highest BCUT2D eigenvalue weighted by Crippen LogP contribution is 2.42. The molecule has 1 amide bonds. The molecule has 0 saturated heterocycles. The Balaban J connectivity index is 1.61. The van der Waals surface area contributed by atoms with E-state index in [1.165, 1.54) is 36.4 Å². The van der Waals surface area contributed by atoms with Gasteiger partial charge in [-0.25, -0.2) is 9.18 Å². The average molecular weight is 564 g/mol. The quantitative estimate of drug-likeness (QED) is 0.138. The highest BCUT2D eigenvalue weighted by atomic mass is 19.4. The first-order valence-corrected chi connectivity index (χ1v) is 12.2. The van der Waals surface area contributed by atoms with Crippen LogP contribution in [-0.2, 0) is 11.0 Å². The number of amides is 1. The Morgan fingerprint density at radius 2 is 1.63 bits per heavy atom.